The predicted molar refractivity (Wildman–Crippen MR) is 89.5 cm³/mol. The molecule has 0 aromatic carbocycles. The Bertz CT molecular complexity index is 456. The van der Waals surface area contributed by atoms with E-state index in [1.807, 2.05) is 0 Å². The molecule has 4 nitrogen and oxygen atoms in total. The first-order valence-corrected chi connectivity index (χ1v) is 11.3. The first-order valence-electron chi connectivity index (χ1n) is 8.23. The molecule has 21 heavy (non-hydrogen) atoms. The van der Waals surface area contributed by atoms with E-state index in [0.717, 1.165) is 37.2 Å². The van der Waals surface area contributed by atoms with Crippen molar-refractivity contribution in [2.24, 2.45) is 5.41 Å². The maximum Gasteiger partial charge on any atom is 0.164 e. The lowest BCUT2D eigenvalue weighted by molar-refractivity contribution is 0.145. The second kappa shape index (κ2) is 6.38. The van der Waals surface area contributed by atoms with Crippen molar-refractivity contribution >= 4 is 21.6 Å². The molecular formula is C15H28N2O2S2. The summed E-state index contributed by atoms with van der Waals surface area (Å²) >= 11 is 1.78. The third-order valence-electron chi connectivity index (χ3n) is 5.23. The minimum Gasteiger partial charge on any atom is -0.313 e. The molecule has 1 unspecified atom stereocenters. The quantitative estimate of drug-likeness (QED) is 0.802. The summed E-state index contributed by atoms with van der Waals surface area (Å²) in [6.07, 6.45) is 9.17. The van der Waals surface area contributed by atoms with Crippen LogP contribution < -0.4 is 5.32 Å². The molecule has 1 heterocycles. The van der Waals surface area contributed by atoms with Gasteiger partial charge >= 0.3 is 0 Å². The van der Waals surface area contributed by atoms with Crippen molar-refractivity contribution in [3.63, 3.8) is 0 Å². The van der Waals surface area contributed by atoms with E-state index in [-0.39, 0.29) is 5.37 Å². The number of nitrogens with one attached hydrogen (secondary N) is 1. The molecule has 3 rings (SSSR count). The van der Waals surface area contributed by atoms with Crippen LogP contribution in [0.25, 0.3) is 0 Å². The molecule has 6 heteroatoms. The molecule has 2 saturated carbocycles. The first kappa shape index (κ1) is 16.1. The normalized spacial score (nSPS) is 30.6. The number of rotatable bonds is 6. The Morgan fingerprint density at radius 3 is 2.62 bits per heavy atom. The van der Waals surface area contributed by atoms with Crippen molar-refractivity contribution in [2.75, 3.05) is 37.4 Å². The Kier molecular flexibility index (Phi) is 4.89. The molecule has 1 atom stereocenters. The fraction of sp³-hybridized carbons (Fsp3) is 1.00. The van der Waals surface area contributed by atoms with Gasteiger partial charge in [0.15, 0.2) is 9.84 Å². The standard InChI is InChI=1S/C15H28N2O2S2/c1-21(18,19)14-10-20-9-8-17(14)12-15(6-2-3-7-15)11-16-13-4-5-13/h13-14,16H,2-12H2,1H3. The van der Waals surface area contributed by atoms with Gasteiger partial charge in [0, 0.05) is 43.4 Å². The van der Waals surface area contributed by atoms with Crippen molar-refractivity contribution < 1.29 is 8.42 Å². The average Bonchev–Trinajstić information content (AvgIpc) is 3.16. The Morgan fingerprint density at radius 1 is 1.29 bits per heavy atom. The van der Waals surface area contributed by atoms with Crippen LogP contribution >= 0.6 is 11.8 Å². The van der Waals surface area contributed by atoms with Crippen LogP contribution in [0.3, 0.4) is 0 Å². The summed E-state index contributed by atoms with van der Waals surface area (Å²) < 4.78 is 24.2. The summed E-state index contributed by atoms with van der Waals surface area (Å²) in [6.45, 7) is 2.97. The Labute approximate surface area is 133 Å². The van der Waals surface area contributed by atoms with Crippen molar-refractivity contribution in [1.29, 1.82) is 0 Å². The first-order chi connectivity index (χ1) is 9.99. The maximum absolute atomic E-state index is 12.1. The van der Waals surface area contributed by atoms with Crippen molar-refractivity contribution in [3.8, 4) is 0 Å². The van der Waals surface area contributed by atoms with Gasteiger partial charge in [-0.1, -0.05) is 12.8 Å². The predicted octanol–water partition coefficient (Wildman–Crippen LogP) is 1.72. The monoisotopic (exact) mass is 332 g/mol. The summed E-state index contributed by atoms with van der Waals surface area (Å²) in [6, 6.07) is 0.741. The molecular weight excluding hydrogens is 304 g/mol. The Hall–Kier alpha value is 0.220. The number of hydrogen-bond acceptors (Lipinski definition) is 5. The zero-order chi connectivity index (χ0) is 14.9. The van der Waals surface area contributed by atoms with Gasteiger partial charge in [-0.25, -0.2) is 8.42 Å². The smallest absolute Gasteiger partial charge is 0.164 e. The van der Waals surface area contributed by atoms with E-state index in [1.54, 1.807) is 11.8 Å². The molecule has 0 aromatic rings. The highest BCUT2D eigenvalue weighted by Gasteiger charge is 2.41. The zero-order valence-electron chi connectivity index (χ0n) is 13.0. The minimum absolute atomic E-state index is 0.269. The van der Waals surface area contributed by atoms with E-state index in [9.17, 15) is 8.42 Å². The van der Waals surface area contributed by atoms with Gasteiger partial charge in [-0.3, -0.25) is 4.90 Å². The van der Waals surface area contributed by atoms with E-state index >= 15 is 0 Å². The highest BCUT2D eigenvalue weighted by molar-refractivity contribution is 8.00. The molecule has 1 saturated heterocycles. The molecule has 3 aliphatic rings. The van der Waals surface area contributed by atoms with Gasteiger partial charge in [-0.15, -0.1) is 0 Å². The largest absolute Gasteiger partial charge is 0.313 e. The van der Waals surface area contributed by atoms with Crippen LogP contribution in [-0.2, 0) is 9.84 Å². The van der Waals surface area contributed by atoms with Gasteiger partial charge in [0.1, 0.15) is 5.37 Å². The molecule has 3 fully saturated rings. The summed E-state index contributed by atoms with van der Waals surface area (Å²) in [4.78, 5) is 2.27. The van der Waals surface area contributed by atoms with Crippen molar-refractivity contribution in [2.45, 2.75) is 49.9 Å². The third kappa shape index (κ3) is 4.15. The summed E-state index contributed by atoms with van der Waals surface area (Å²) in [7, 11) is -2.98. The van der Waals surface area contributed by atoms with Crippen LogP contribution in [-0.4, -0.2) is 62.1 Å². The van der Waals surface area contributed by atoms with E-state index in [4.69, 9.17) is 0 Å². The van der Waals surface area contributed by atoms with E-state index in [1.165, 1.54) is 44.8 Å². The fourth-order valence-corrected chi connectivity index (χ4v) is 6.73. The van der Waals surface area contributed by atoms with Crippen LogP contribution in [0.4, 0.5) is 0 Å². The van der Waals surface area contributed by atoms with Gasteiger partial charge in [0.25, 0.3) is 0 Å². The molecule has 1 N–H and O–H groups in total. The fourth-order valence-electron chi connectivity index (χ4n) is 3.79. The average molecular weight is 333 g/mol. The second-order valence-corrected chi connectivity index (χ2v) is 10.5. The van der Waals surface area contributed by atoms with Gasteiger partial charge < -0.3 is 5.32 Å². The second-order valence-electron chi connectivity index (χ2n) is 7.19. The minimum atomic E-state index is -2.98. The number of thioether (sulfide) groups is 1. The SMILES string of the molecule is CS(=O)(=O)C1CSCCN1CC1(CNC2CC2)CCCC1. The lowest BCUT2D eigenvalue weighted by Crippen LogP contribution is -2.52. The topological polar surface area (TPSA) is 49.4 Å². The molecule has 0 bridgehead atoms. The van der Waals surface area contributed by atoms with Crippen molar-refractivity contribution in [1.82, 2.24) is 10.2 Å². The molecule has 0 aromatic heterocycles. The number of sulfone groups is 1. The van der Waals surface area contributed by atoms with E-state index in [0.29, 0.717) is 5.41 Å². The number of nitrogens with zero attached hydrogens (tertiary/aromatic N) is 1. The summed E-state index contributed by atoms with van der Waals surface area (Å²) in [5, 5.41) is 3.43. The van der Waals surface area contributed by atoms with Gasteiger partial charge in [0.05, 0.1) is 0 Å². The molecule has 0 spiro atoms. The van der Waals surface area contributed by atoms with Gasteiger partial charge in [0.2, 0.25) is 0 Å². The van der Waals surface area contributed by atoms with Crippen LogP contribution in [0, 0.1) is 5.41 Å². The maximum atomic E-state index is 12.1. The summed E-state index contributed by atoms with van der Waals surface area (Å²) in [5.74, 6) is 1.81. The van der Waals surface area contributed by atoms with Crippen LogP contribution in [0.15, 0.2) is 0 Å². The van der Waals surface area contributed by atoms with E-state index < -0.39 is 9.84 Å². The van der Waals surface area contributed by atoms with Gasteiger partial charge in [-0.05, 0) is 31.1 Å². The molecule has 0 amide bonds. The highest BCUT2D eigenvalue weighted by atomic mass is 32.2. The lowest BCUT2D eigenvalue weighted by atomic mass is 9.85. The zero-order valence-corrected chi connectivity index (χ0v) is 14.6. The van der Waals surface area contributed by atoms with E-state index in [2.05, 4.69) is 10.2 Å². The molecule has 122 valence electrons. The Balaban J connectivity index is 1.67. The number of hydrogen-bond donors (Lipinski definition) is 1. The molecule has 2 aliphatic carbocycles. The van der Waals surface area contributed by atoms with Crippen molar-refractivity contribution in [3.05, 3.63) is 0 Å². The van der Waals surface area contributed by atoms with Crippen LogP contribution in [0.2, 0.25) is 0 Å². The Morgan fingerprint density at radius 2 is 2.00 bits per heavy atom. The van der Waals surface area contributed by atoms with Gasteiger partial charge in [-0.2, -0.15) is 11.8 Å². The van der Waals surface area contributed by atoms with Crippen LogP contribution in [0.1, 0.15) is 38.5 Å². The molecule has 0 radical (unpaired) electrons. The molecule has 1 aliphatic heterocycles. The summed E-state index contributed by atoms with van der Waals surface area (Å²) in [5.41, 5.74) is 0.313. The highest BCUT2D eigenvalue weighted by Crippen LogP contribution is 2.40. The lowest BCUT2D eigenvalue weighted by Gasteiger charge is -2.41. The third-order valence-corrected chi connectivity index (χ3v) is 7.92. The van der Waals surface area contributed by atoms with Crippen LogP contribution in [0.5, 0.6) is 0 Å².